The highest BCUT2D eigenvalue weighted by molar-refractivity contribution is 5.99. The first-order chi connectivity index (χ1) is 16.1. The largest absolute Gasteiger partial charge is 0.454 e. The van der Waals surface area contributed by atoms with Crippen LogP contribution in [-0.4, -0.2) is 82.3 Å². The molecule has 10 heteroatoms. The minimum absolute atomic E-state index is 0.250. The second kappa shape index (κ2) is 9.08. The van der Waals surface area contributed by atoms with E-state index in [1.807, 2.05) is 18.2 Å². The van der Waals surface area contributed by atoms with Crippen molar-refractivity contribution in [2.75, 3.05) is 39.6 Å². The zero-order valence-electron chi connectivity index (χ0n) is 18.0. The summed E-state index contributed by atoms with van der Waals surface area (Å²) in [5.74, 6) is 0.821. The molecule has 3 aromatic rings. The summed E-state index contributed by atoms with van der Waals surface area (Å²) in [6.45, 7) is 2.97. The number of aromatic nitrogens is 2. The Hall–Kier alpha value is -3.63. The number of ether oxygens (including phenoxy) is 2. The molecular formula is C23H25N5O5. The summed E-state index contributed by atoms with van der Waals surface area (Å²) in [5, 5.41) is 12.4. The molecule has 172 valence electrons. The van der Waals surface area contributed by atoms with Gasteiger partial charge >= 0.3 is 0 Å². The lowest BCUT2D eigenvalue weighted by atomic mass is 10.1. The van der Waals surface area contributed by atoms with E-state index in [9.17, 15) is 14.7 Å². The number of imidazole rings is 1. The van der Waals surface area contributed by atoms with Crippen LogP contribution in [0.15, 0.2) is 42.7 Å². The van der Waals surface area contributed by atoms with Crippen LogP contribution in [0.2, 0.25) is 0 Å². The molecule has 2 aliphatic rings. The number of aliphatic hydroxyl groups is 1. The molecule has 0 radical (unpaired) electrons. The number of H-pyrrole nitrogens is 1. The lowest BCUT2D eigenvalue weighted by molar-refractivity contribution is -0.136. The molecule has 2 aliphatic heterocycles. The zero-order valence-corrected chi connectivity index (χ0v) is 18.0. The first-order valence-corrected chi connectivity index (χ1v) is 10.9. The van der Waals surface area contributed by atoms with Gasteiger partial charge in [-0.25, -0.2) is 4.98 Å². The number of piperazine rings is 1. The number of fused-ring (bicyclic) bond motifs is 2. The maximum atomic E-state index is 12.9. The van der Waals surface area contributed by atoms with Crippen molar-refractivity contribution in [2.45, 2.75) is 12.6 Å². The van der Waals surface area contributed by atoms with E-state index < -0.39 is 18.6 Å². The number of aliphatic hydroxyl groups excluding tert-OH is 1. The maximum Gasteiger partial charge on any atom is 0.252 e. The number of hydrogen-bond acceptors (Lipinski definition) is 7. The monoisotopic (exact) mass is 451 g/mol. The first-order valence-electron chi connectivity index (χ1n) is 10.9. The number of aromatic amines is 1. The molecule has 10 nitrogen and oxygen atoms in total. The summed E-state index contributed by atoms with van der Waals surface area (Å²) in [6, 6.07) is 9.97. The number of carbonyl (C=O) groups excluding carboxylic acids is 2. The molecule has 3 N–H and O–H groups in total. The molecule has 3 heterocycles. The highest BCUT2D eigenvalue weighted by Gasteiger charge is 2.29. The molecule has 2 amide bonds. The van der Waals surface area contributed by atoms with Crippen LogP contribution >= 0.6 is 0 Å². The van der Waals surface area contributed by atoms with Gasteiger partial charge in [0.15, 0.2) is 11.5 Å². The van der Waals surface area contributed by atoms with Gasteiger partial charge in [-0.05, 0) is 35.9 Å². The maximum absolute atomic E-state index is 12.9. The van der Waals surface area contributed by atoms with Gasteiger partial charge in [0.05, 0.1) is 24.0 Å². The van der Waals surface area contributed by atoms with E-state index in [-0.39, 0.29) is 12.7 Å². The van der Waals surface area contributed by atoms with Gasteiger partial charge in [0.1, 0.15) is 6.04 Å². The molecule has 33 heavy (non-hydrogen) atoms. The van der Waals surface area contributed by atoms with E-state index in [1.54, 1.807) is 29.4 Å². The van der Waals surface area contributed by atoms with Crippen LogP contribution < -0.4 is 14.8 Å². The van der Waals surface area contributed by atoms with E-state index in [2.05, 4.69) is 20.2 Å². The third kappa shape index (κ3) is 4.48. The first kappa shape index (κ1) is 21.2. The van der Waals surface area contributed by atoms with Gasteiger partial charge in [-0.3, -0.25) is 14.5 Å². The molecule has 5 rings (SSSR count). The molecular weight excluding hydrogens is 426 g/mol. The summed E-state index contributed by atoms with van der Waals surface area (Å²) >= 11 is 0. The van der Waals surface area contributed by atoms with Crippen LogP contribution in [-0.2, 0) is 11.3 Å². The number of carbonyl (C=O) groups is 2. The van der Waals surface area contributed by atoms with Gasteiger partial charge in [-0.1, -0.05) is 6.07 Å². The van der Waals surface area contributed by atoms with Gasteiger partial charge in [0.2, 0.25) is 12.7 Å². The third-order valence-electron chi connectivity index (χ3n) is 6.00. The van der Waals surface area contributed by atoms with E-state index in [4.69, 9.17) is 9.47 Å². The van der Waals surface area contributed by atoms with Gasteiger partial charge in [-0.2, -0.15) is 0 Å². The Morgan fingerprint density at radius 2 is 1.91 bits per heavy atom. The predicted octanol–water partition coefficient (Wildman–Crippen LogP) is 0.727. The molecule has 1 aromatic heterocycles. The van der Waals surface area contributed by atoms with Crippen molar-refractivity contribution in [2.24, 2.45) is 0 Å². The molecule has 1 saturated heterocycles. The smallest absolute Gasteiger partial charge is 0.252 e. The van der Waals surface area contributed by atoms with Crippen molar-refractivity contribution in [3.8, 4) is 11.5 Å². The number of benzene rings is 2. The van der Waals surface area contributed by atoms with Gasteiger partial charge < -0.3 is 29.8 Å². The summed E-state index contributed by atoms with van der Waals surface area (Å²) in [4.78, 5) is 36.6. The minimum Gasteiger partial charge on any atom is -0.454 e. The van der Waals surface area contributed by atoms with Crippen LogP contribution in [0.1, 0.15) is 15.9 Å². The van der Waals surface area contributed by atoms with Crippen molar-refractivity contribution in [3.63, 3.8) is 0 Å². The number of nitrogens with one attached hydrogen (secondary N) is 2. The number of nitrogens with zero attached hydrogens (tertiary/aromatic N) is 3. The molecule has 0 aliphatic carbocycles. The molecule has 1 atom stereocenters. The average Bonchev–Trinajstić information content (AvgIpc) is 3.51. The third-order valence-corrected chi connectivity index (χ3v) is 6.00. The standard InChI is InChI=1S/C23H25N5O5/c29-12-19(26-22(30)16-2-3-17-18(10-16)25-13-24-17)23(31)28-7-5-27(6-8-28)11-15-1-4-20-21(9-15)33-14-32-20/h1-4,9-10,13,19,29H,5-8,11-12,14H2,(H,24,25)(H,26,30)/t19-/m0/s1. The minimum atomic E-state index is -0.990. The highest BCUT2D eigenvalue weighted by Crippen LogP contribution is 2.32. The van der Waals surface area contributed by atoms with Crippen molar-refractivity contribution in [1.29, 1.82) is 0 Å². The van der Waals surface area contributed by atoms with Crippen LogP contribution in [0.3, 0.4) is 0 Å². The second-order valence-electron chi connectivity index (χ2n) is 8.13. The predicted molar refractivity (Wildman–Crippen MR) is 119 cm³/mol. The van der Waals surface area contributed by atoms with Crippen molar-refractivity contribution in [1.82, 2.24) is 25.1 Å². The molecule has 0 spiro atoms. The Bertz CT molecular complexity index is 1170. The normalized spacial score (nSPS) is 16.7. The summed E-state index contributed by atoms with van der Waals surface area (Å²) < 4.78 is 10.8. The number of hydrogen-bond donors (Lipinski definition) is 3. The van der Waals surface area contributed by atoms with E-state index in [1.165, 1.54) is 0 Å². The number of rotatable bonds is 6. The topological polar surface area (TPSA) is 120 Å². The Kier molecular flexibility index (Phi) is 5.84. The molecule has 0 bridgehead atoms. The molecule has 0 saturated carbocycles. The fourth-order valence-electron chi connectivity index (χ4n) is 4.15. The van der Waals surface area contributed by atoms with Crippen molar-refractivity contribution >= 4 is 22.8 Å². The van der Waals surface area contributed by atoms with E-state index in [0.717, 1.165) is 34.6 Å². The molecule has 0 unspecified atom stereocenters. The van der Waals surface area contributed by atoms with Gasteiger partial charge in [0, 0.05) is 38.3 Å². The van der Waals surface area contributed by atoms with Crippen LogP contribution in [0.5, 0.6) is 11.5 Å². The lowest BCUT2D eigenvalue weighted by Gasteiger charge is -2.36. The summed E-state index contributed by atoms with van der Waals surface area (Å²) in [6.07, 6.45) is 1.55. The van der Waals surface area contributed by atoms with Crippen molar-refractivity contribution in [3.05, 3.63) is 53.9 Å². The fourth-order valence-corrected chi connectivity index (χ4v) is 4.15. The van der Waals surface area contributed by atoms with Gasteiger partial charge in [0.25, 0.3) is 5.91 Å². The van der Waals surface area contributed by atoms with Gasteiger partial charge in [-0.15, -0.1) is 0 Å². The van der Waals surface area contributed by atoms with Crippen molar-refractivity contribution < 1.29 is 24.2 Å². The van der Waals surface area contributed by atoms with E-state index >= 15 is 0 Å². The van der Waals surface area contributed by atoms with E-state index in [0.29, 0.717) is 31.7 Å². The summed E-state index contributed by atoms with van der Waals surface area (Å²) in [7, 11) is 0. The zero-order chi connectivity index (χ0) is 22.8. The molecule has 2 aromatic carbocycles. The molecule has 1 fully saturated rings. The van der Waals surface area contributed by atoms with Crippen LogP contribution in [0.4, 0.5) is 0 Å². The second-order valence-corrected chi connectivity index (χ2v) is 8.13. The Morgan fingerprint density at radius 3 is 2.73 bits per heavy atom. The highest BCUT2D eigenvalue weighted by atomic mass is 16.7. The Morgan fingerprint density at radius 1 is 1.09 bits per heavy atom. The SMILES string of the molecule is O=C(N[C@@H](CO)C(=O)N1CCN(Cc2ccc3c(c2)OCO3)CC1)c1ccc2nc[nH]c2c1. The lowest BCUT2D eigenvalue weighted by Crippen LogP contribution is -2.55. The van der Waals surface area contributed by atoms with Crippen LogP contribution in [0.25, 0.3) is 11.0 Å². The Labute approximate surface area is 190 Å². The fraction of sp³-hybridized carbons (Fsp3) is 0.348. The average molecular weight is 451 g/mol. The quantitative estimate of drug-likeness (QED) is 0.505. The number of amides is 2. The van der Waals surface area contributed by atoms with Crippen LogP contribution in [0, 0.1) is 0 Å². The summed E-state index contributed by atoms with van der Waals surface area (Å²) in [5.41, 5.74) is 2.99. The Balaban J connectivity index is 1.15.